The van der Waals surface area contributed by atoms with E-state index in [0.717, 1.165) is 12.2 Å². The molecule has 72 valence electrons. The molecule has 0 spiro atoms. The first-order chi connectivity index (χ1) is 6.20. The molecule has 2 rings (SSSR count). The van der Waals surface area contributed by atoms with Gasteiger partial charge in [-0.05, 0) is 23.9 Å². The lowest BCUT2D eigenvalue weighted by molar-refractivity contribution is -0.124. The number of hydrogen-bond acceptors (Lipinski definition) is 5. The monoisotopic (exact) mass is 218 g/mol. The van der Waals surface area contributed by atoms with E-state index in [2.05, 4.69) is 4.40 Å². The Hall–Kier alpha value is -0.490. The van der Waals surface area contributed by atoms with Crippen LogP contribution >= 0.6 is 23.9 Å². The number of carbonyl (C=O) groups is 2. The van der Waals surface area contributed by atoms with Gasteiger partial charge in [-0.25, -0.2) is 4.40 Å². The number of amides is 1. The highest BCUT2D eigenvalue weighted by atomic mass is 32.2. The summed E-state index contributed by atoms with van der Waals surface area (Å²) in [5.41, 5.74) is 0. The SMILES string of the molecule is CN1SCCC1=O.O=C1C=NSC1. The van der Waals surface area contributed by atoms with Gasteiger partial charge in [-0.15, -0.1) is 0 Å². The van der Waals surface area contributed by atoms with Crippen LogP contribution in [0.5, 0.6) is 0 Å². The summed E-state index contributed by atoms with van der Waals surface area (Å²) >= 11 is 2.89. The van der Waals surface area contributed by atoms with Gasteiger partial charge < -0.3 is 0 Å². The van der Waals surface area contributed by atoms with Gasteiger partial charge in [0.15, 0.2) is 5.78 Å². The van der Waals surface area contributed by atoms with E-state index in [0.29, 0.717) is 5.75 Å². The van der Waals surface area contributed by atoms with Crippen LogP contribution in [0.2, 0.25) is 0 Å². The van der Waals surface area contributed by atoms with Crippen LogP contribution in [0.3, 0.4) is 0 Å². The second-order valence-electron chi connectivity index (χ2n) is 2.45. The van der Waals surface area contributed by atoms with Gasteiger partial charge in [-0.2, -0.15) is 0 Å². The van der Waals surface area contributed by atoms with E-state index in [-0.39, 0.29) is 11.7 Å². The highest BCUT2D eigenvalue weighted by Gasteiger charge is 2.15. The maximum atomic E-state index is 10.5. The van der Waals surface area contributed by atoms with E-state index < -0.39 is 0 Å². The van der Waals surface area contributed by atoms with E-state index in [1.807, 2.05) is 0 Å². The Morgan fingerprint density at radius 1 is 1.54 bits per heavy atom. The number of nitrogens with zero attached hydrogens (tertiary/aromatic N) is 2. The minimum Gasteiger partial charge on any atom is -0.292 e. The molecular formula is C7H10N2O2S2. The van der Waals surface area contributed by atoms with Crippen LogP contribution in [0.1, 0.15) is 6.42 Å². The largest absolute Gasteiger partial charge is 0.292 e. The molecule has 4 nitrogen and oxygen atoms in total. The van der Waals surface area contributed by atoms with Crippen LogP contribution in [0, 0.1) is 0 Å². The van der Waals surface area contributed by atoms with Crippen molar-refractivity contribution in [3.05, 3.63) is 0 Å². The molecule has 2 aliphatic heterocycles. The number of ketones is 1. The van der Waals surface area contributed by atoms with Gasteiger partial charge in [0.25, 0.3) is 0 Å². The van der Waals surface area contributed by atoms with Crippen LogP contribution < -0.4 is 0 Å². The summed E-state index contributed by atoms with van der Waals surface area (Å²) < 4.78 is 5.29. The molecule has 0 saturated carbocycles. The first kappa shape index (κ1) is 10.6. The molecule has 0 aliphatic carbocycles. The fraction of sp³-hybridized carbons (Fsp3) is 0.571. The van der Waals surface area contributed by atoms with Crippen molar-refractivity contribution in [2.75, 3.05) is 18.6 Å². The quantitative estimate of drug-likeness (QED) is 0.564. The summed E-state index contributed by atoms with van der Waals surface area (Å²) in [6, 6.07) is 0. The fourth-order valence-corrected chi connectivity index (χ4v) is 1.98. The van der Waals surface area contributed by atoms with E-state index >= 15 is 0 Å². The van der Waals surface area contributed by atoms with E-state index in [9.17, 15) is 9.59 Å². The molecule has 1 saturated heterocycles. The lowest BCUT2D eigenvalue weighted by Gasteiger charge is -2.01. The third-order valence-electron chi connectivity index (χ3n) is 1.43. The molecule has 0 aromatic rings. The van der Waals surface area contributed by atoms with Crippen LogP contribution in [0.25, 0.3) is 0 Å². The van der Waals surface area contributed by atoms with Crippen molar-refractivity contribution in [3.8, 4) is 0 Å². The number of Topliss-reactive ketones (excluding diaryl/α,β-unsaturated/α-hetero) is 1. The van der Waals surface area contributed by atoms with Gasteiger partial charge in [-0.3, -0.25) is 13.9 Å². The Balaban J connectivity index is 0.000000132. The average molecular weight is 218 g/mol. The van der Waals surface area contributed by atoms with Gasteiger partial charge in [0.05, 0.1) is 12.0 Å². The minimum absolute atomic E-state index is 0.125. The third kappa shape index (κ3) is 3.82. The standard InChI is InChI=1S/C4H7NOS.C3H3NOS/c1-5-4(6)2-3-7-5;5-3-1-4-6-2-3/h2-3H2,1H3;1H,2H2. The van der Waals surface area contributed by atoms with Crippen molar-refractivity contribution < 1.29 is 9.59 Å². The molecule has 2 heterocycles. The second kappa shape index (κ2) is 5.29. The van der Waals surface area contributed by atoms with E-state index in [4.69, 9.17) is 0 Å². The molecule has 0 aromatic heterocycles. The highest BCUT2D eigenvalue weighted by molar-refractivity contribution is 7.99. The fourth-order valence-electron chi connectivity index (χ4n) is 0.734. The van der Waals surface area contributed by atoms with Crippen molar-refractivity contribution >= 4 is 41.8 Å². The smallest absolute Gasteiger partial charge is 0.233 e. The van der Waals surface area contributed by atoms with E-state index in [1.165, 1.54) is 18.2 Å². The van der Waals surface area contributed by atoms with Gasteiger partial charge in [-0.1, -0.05) is 0 Å². The zero-order valence-electron chi connectivity index (χ0n) is 7.23. The van der Waals surface area contributed by atoms with Crippen molar-refractivity contribution in [1.82, 2.24) is 4.31 Å². The lowest BCUT2D eigenvalue weighted by atomic mass is 10.5. The molecule has 0 unspecified atom stereocenters. The van der Waals surface area contributed by atoms with Crippen molar-refractivity contribution in [2.24, 2.45) is 4.40 Å². The molecule has 13 heavy (non-hydrogen) atoms. The Labute approximate surface area is 85.4 Å². The van der Waals surface area contributed by atoms with Crippen molar-refractivity contribution in [1.29, 1.82) is 0 Å². The summed E-state index contributed by atoms with van der Waals surface area (Å²) in [6.07, 6.45) is 2.08. The summed E-state index contributed by atoms with van der Waals surface area (Å²) in [5, 5.41) is 0. The average Bonchev–Trinajstić information content (AvgIpc) is 2.67. The van der Waals surface area contributed by atoms with E-state index in [1.54, 1.807) is 23.3 Å². The highest BCUT2D eigenvalue weighted by Crippen LogP contribution is 2.17. The molecule has 2 aliphatic rings. The Morgan fingerprint density at radius 2 is 2.31 bits per heavy atom. The molecular weight excluding hydrogens is 208 g/mol. The summed E-state index contributed by atoms with van der Waals surface area (Å²) in [6.45, 7) is 0. The Morgan fingerprint density at radius 3 is 2.46 bits per heavy atom. The zero-order chi connectivity index (χ0) is 9.68. The Bertz CT molecular complexity index is 243. The molecule has 0 aromatic carbocycles. The molecule has 6 heteroatoms. The second-order valence-corrected chi connectivity index (χ2v) is 4.42. The normalized spacial score (nSPS) is 20.5. The number of hydrogen-bond donors (Lipinski definition) is 0. The lowest BCUT2D eigenvalue weighted by Crippen LogP contribution is -2.10. The van der Waals surface area contributed by atoms with Crippen LogP contribution in [0.4, 0.5) is 0 Å². The molecule has 0 N–H and O–H groups in total. The molecule has 0 atom stereocenters. The maximum absolute atomic E-state index is 10.5. The Kier molecular flexibility index (Phi) is 4.31. The van der Waals surface area contributed by atoms with Crippen LogP contribution in [-0.2, 0) is 9.59 Å². The maximum Gasteiger partial charge on any atom is 0.233 e. The summed E-state index contributed by atoms with van der Waals surface area (Å²) in [4.78, 5) is 20.6. The predicted molar refractivity (Wildman–Crippen MR) is 55.8 cm³/mol. The zero-order valence-corrected chi connectivity index (χ0v) is 8.86. The first-order valence-corrected chi connectivity index (χ1v) is 5.66. The molecule has 0 radical (unpaired) electrons. The van der Waals surface area contributed by atoms with Crippen LogP contribution in [0.15, 0.2) is 4.40 Å². The number of rotatable bonds is 0. The van der Waals surface area contributed by atoms with Gasteiger partial charge in [0.1, 0.15) is 0 Å². The van der Waals surface area contributed by atoms with Gasteiger partial charge in [0.2, 0.25) is 5.91 Å². The predicted octanol–water partition coefficient (Wildman–Crippen LogP) is 0.785. The summed E-state index contributed by atoms with van der Waals surface area (Å²) in [7, 11) is 1.81. The summed E-state index contributed by atoms with van der Waals surface area (Å²) in [5.74, 6) is 1.89. The molecule has 1 amide bonds. The number of carbonyl (C=O) groups excluding carboxylic acids is 2. The van der Waals surface area contributed by atoms with Crippen molar-refractivity contribution in [2.45, 2.75) is 6.42 Å². The first-order valence-electron chi connectivity index (χ1n) is 3.78. The molecule has 1 fully saturated rings. The van der Waals surface area contributed by atoms with Crippen molar-refractivity contribution in [3.63, 3.8) is 0 Å². The minimum atomic E-state index is 0.125. The van der Waals surface area contributed by atoms with Gasteiger partial charge >= 0.3 is 0 Å². The topological polar surface area (TPSA) is 49.7 Å². The van der Waals surface area contributed by atoms with Gasteiger partial charge in [0, 0.05) is 19.2 Å². The molecule has 0 bridgehead atoms. The van der Waals surface area contributed by atoms with Crippen LogP contribution in [-0.4, -0.2) is 40.8 Å². The third-order valence-corrected chi connectivity index (χ3v) is 3.08.